The van der Waals surface area contributed by atoms with E-state index in [0.29, 0.717) is 6.04 Å². The van der Waals surface area contributed by atoms with Crippen molar-refractivity contribution in [3.8, 4) is 5.75 Å². The van der Waals surface area contributed by atoms with Crippen LogP contribution in [-0.2, 0) is 0 Å². The fourth-order valence-electron chi connectivity index (χ4n) is 3.99. The Hall–Kier alpha value is -1.06. The van der Waals surface area contributed by atoms with Crippen molar-refractivity contribution in [2.24, 2.45) is 10.4 Å². The molecule has 1 saturated heterocycles. The van der Waals surface area contributed by atoms with Crippen molar-refractivity contribution in [1.82, 2.24) is 20.4 Å². The van der Waals surface area contributed by atoms with Gasteiger partial charge in [-0.1, -0.05) is 26.0 Å². The van der Waals surface area contributed by atoms with Gasteiger partial charge in [-0.05, 0) is 63.1 Å². The molecule has 0 radical (unpaired) electrons. The Morgan fingerprint density at radius 1 is 1.17 bits per heavy atom. The number of benzene rings is 1. The third kappa shape index (κ3) is 8.68. The van der Waals surface area contributed by atoms with Gasteiger partial charge in [0, 0.05) is 26.7 Å². The second-order valence-corrected chi connectivity index (χ2v) is 8.74. The highest BCUT2D eigenvalue weighted by molar-refractivity contribution is 14.0. The number of hydrogen-bond acceptors (Lipinski definition) is 4. The van der Waals surface area contributed by atoms with Crippen LogP contribution in [0.15, 0.2) is 29.3 Å². The number of nitrogens with zero attached hydrogens (tertiary/aromatic N) is 3. The number of hydrogen-bond donors (Lipinski definition) is 2. The monoisotopic (exact) mass is 517 g/mol. The predicted octanol–water partition coefficient (Wildman–Crippen LogP) is 3.20. The molecule has 1 fully saturated rings. The zero-order valence-corrected chi connectivity index (χ0v) is 21.3. The van der Waals surface area contributed by atoms with E-state index in [0.717, 1.165) is 44.4 Å². The van der Waals surface area contributed by atoms with Gasteiger partial charge in [0.1, 0.15) is 5.75 Å². The molecule has 7 heteroatoms. The minimum absolute atomic E-state index is 0. The summed E-state index contributed by atoms with van der Waals surface area (Å²) >= 11 is 0. The van der Waals surface area contributed by atoms with Crippen molar-refractivity contribution in [1.29, 1.82) is 0 Å². The average molecular weight is 518 g/mol. The molecule has 1 aliphatic heterocycles. The quantitative estimate of drug-likeness (QED) is 0.300. The lowest BCUT2D eigenvalue weighted by Crippen LogP contribution is -2.47. The number of aliphatic imine (C=N–C) groups is 1. The number of guanidine groups is 1. The largest absolute Gasteiger partial charge is 0.497 e. The van der Waals surface area contributed by atoms with E-state index in [9.17, 15) is 0 Å². The number of ether oxygens (including phenoxy) is 1. The van der Waals surface area contributed by atoms with Crippen molar-refractivity contribution in [2.45, 2.75) is 32.7 Å². The van der Waals surface area contributed by atoms with Gasteiger partial charge in [0.05, 0.1) is 13.2 Å². The van der Waals surface area contributed by atoms with Crippen LogP contribution in [0.5, 0.6) is 5.75 Å². The molecule has 1 heterocycles. The summed E-state index contributed by atoms with van der Waals surface area (Å²) in [6.07, 6.45) is 2.55. The molecule has 1 aliphatic rings. The smallest absolute Gasteiger partial charge is 0.191 e. The first kappa shape index (κ1) is 26.0. The predicted molar refractivity (Wildman–Crippen MR) is 134 cm³/mol. The highest BCUT2D eigenvalue weighted by Gasteiger charge is 2.24. The minimum Gasteiger partial charge on any atom is -0.497 e. The van der Waals surface area contributed by atoms with Gasteiger partial charge < -0.3 is 20.3 Å². The van der Waals surface area contributed by atoms with Crippen molar-refractivity contribution >= 4 is 29.9 Å². The van der Waals surface area contributed by atoms with Gasteiger partial charge in [-0.3, -0.25) is 9.89 Å². The number of rotatable bonds is 9. The summed E-state index contributed by atoms with van der Waals surface area (Å²) in [6, 6.07) is 8.80. The molecule has 1 atom stereocenters. The lowest BCUT2D eigenvalue weighted by molar-refractivity contribution is 0.237. The Kier molecular flexibility index (Phi) is 11.3. The van der Waals surface area contributed by atoms with Crippen LogP contribution in [0.3, 0.4) is 0 Å². The molecule has 166 valence electrons. The number of halogens is 1. The van der Waals surface area contributed by atoms with E-state index in [1.54, 1.807) is 7.11 Å². The second-order valence-electron chi connectivity index (χ2n) is 8.74. The van der Waals surface area contributed by atoms with Crippen LogP contribution >= 0.6 is 24.0 Å². The Bertz CT molecular complexity index is 612. The first-order valence-electron chi connectivity index (χ1n) is 10.3. The summed E-state index contributed by atoms with van der Waals surface area (Å²) in [5, 5.41) is 7.06. The van der Waals surface area contributed by atoms with Crippen molar-refractivity contribution in [3.63, 3.8) is 0 Å². The first-order valence-corrected chi connectivity index (χ1v) is 10.3. The van der Waals surface area contributed by atoms with Crippen LogP contribution < -0.4 is 15.4 Å². The van der Waals surface area contributed by atoms with E-state index in [1.165, 1.54) is 18.4 Å². The summed E-state index contributed by atoms with van der Waals surface area (Å²) in [5.41, 5.74) is 1.49. The van der Waals surface area contributed by atoms with E-state index in [2.05, 4.69) is 77.6 Å². The Morgan fingerprint density at radius 3 is 2.31 bits per heavy atom. The highest BCUT2D eigenvalue weighted by Crippen LogP contribution is 2.26. The first-order chi connectivity index (χ1) is 13.3. The normalized spacial score (nSPS) is 16.4. The summed E-state index contributed by atoms with van der Waals surface area (Å²) in [7, 11) is 7.78. The van der Waals surface area contributed by atoms with Crippen LogP contribution in [0.2, 0.25) is 0 Å². The molecule has 0 aliphatic carbocycles. The molecular weight excluding hydrogens is 477 g/mol. The molecule has 0 spiro atoms. The number of nitrogens with one attached hydrogen (secondary N) is 2. The van der Waals surface area contributed by atoms with E-state index in [-0.39, 0.29) is 29.4 Å². The van der Waals surface area contributed by atoms with Gasteiger partial charge >= 0.3 is 0 Å². The molecule has 6 nitrogen and oxygen atoms in total. The molecule has 1 unspecified atom stereocenters. The van der Waals surface area contributed by atoms with Crippen LogP contribution in [0.25, 0.3) is 0 Å². The fraction of sp³-hybridized carbons (Fsp3) is 0.682. The number of likely N-dealkylation sites (tertiary alicyclic amines) is 1. The van der Waals surface area contributed by atoms with Gasteiger partial charge in [0.25, 0.3) is 0 Å². The molecule has 0 amide bonds. The molecule has 1 aromatic carbocycles. The second kappa shape index (κ2) is 12.6. The topological polar surface area (TPSA) is 52.1 Å². The zero-order chi connectivity index (χ0) is 20.6. The lowest BCUT2D eigenvalue weighted by atomic mass is 9.93. The molecule has 2 N–H and O–H groups in total. The third-order valence-corrected chi connectivity index (χ3v) is 5.25. The summed E-state index contributed by atoms with van der Waals surface area (Å²) < 4.78 is 5.32. The van der Waals surface area contributed by atoms with Crippen molar-refractivity contribution in [2.75, 3.05) is 61.0 Å². The van der Waals surface area contributed by atoms with Crippen molar-refractivity contribution in [3.05, 3.63) is 29.8 Å². The summed E-state index contributed by atoms with van der Waals surface area (Å²) in [4.78, 5) is 9.23. The van der Waals surface area contributed by atoms with E-state index in [1.807, 2.05) is 7.05 Å². The molecule has 0 aromatic heterocycles. The maximum atomic E-state index is 5.32. The van der Waals surface area contributed by atoms with E-state index >= 15 is 0 Å². The van der Waals surface area contributed by atoms with E-state index < -0.39 is 0 Å². The fourth-order valence-corrected chi connectivity index (χ4v) is 3.99. The van der Waals surface area contributed by atoms with Crippen LogP contribution in [-0.4, -0.2) is 76.7 Å². The lowest BCUT2D eigenvalue weighted by Gasteiger charge is -2.31. The van der Waals surface area contributed by atoms with Crippen LogP contribution in [0.4, 0.5) is 0 Å². The third-order valence-electron chi connectivity index (χ3n) is 5.25. The van der Waals surface area contributed by atoms with E-state index in [4.69, 9.17) is 4.74 Å². The van der Waals surface area contributed by atoms with Gasteiger partial charge in [-0.2, -0.15) is 0 Å². The van der Waals surface area contributed by atoms with Crippen LogP contribution in [0, 0.1) is 5.41 Å². The molecule has 2 rings (SSSR count). The van der Waals surface area contributed by atoms with Crippen molar-refractivity contribution < 1.29 is 4.74 Å². The SMILES string of the molecule is CN=C(NCC(c1ccc(OC)cc1)N1CCCC1)NCC(C)(C)CN(C)C.I. The molecular formula is C22H40IN5O. The molecule has 0 bridgehead atoms. The standard InChI is InChI=1S/C22H39N5O.HI/c1-22(2,17-26(4)5)16-25-21(23-3)24-15-20(27-13-7-8-14-27)18-9-11-19(28-6)12-10-18;/h9-12,20H,7-8,13-17H2,1-6H3,(H2,23,24,25);1H. The summed E-state index contributed by atoms with van der Waals surface area (Å²) in [6.45, 7) is 9.59. The Balaban J connectivity index is 0.00000420. The van der Waals surface area contributed by atoms with Crippen LogP contribution in [0.1, 0.15) is 38.3 Å². The Labute approximate surface area is 194 Å². The van der Waals surface area contributed by atoms with Gasteiger partial charge in [0.2, 0.25) is 0 Å². The minimum atomic E-state index is 0. The maximum absolute atomic E-state index is 5.32. The maximum Gasteiger partial charge on any atom is 0.191 e. The molecule has 1 aromatic rings. The summed E-state index contributed by atoms with van der Waals surface area (Å²) in [5.74, 6) is 1.77. The molecule has 0 saturated carbocycles. The average Bonchev–Trinajstić information content (AvgIpc) is 3.18. The Morgan fingerprint density at radius 2 is 1.79 bits per heavy atom. The van der Waals surface area contributed by atoms with Gasteiger partial charge in [-0.15, -0.1) is 24.0 Å². The highest BCUT2D eigenvalue weighted by atomic mass is 127. The molecule has 29 heavy (non-hydrogen) atoms. The number of methoxy groups -OCH3 is 1. The van der Waals surface area contributed by atoms with Gasteiger partial charge in [-0.25, -0.2) is 0 Å². The van der Waals surface area contributed by atoms with Gasteiger partial charge in [0.15, 0.2) is 5.96 Å². The zero-order valence-electron chi connectivity index (χ0n) is 19.0.